The van der Waals surface area contributed by atoms with Crippen LogP contribution < -0.4 is 5.32 Å². The Kier molecular flexibility index (Phi) is 4.73. The van der Waals surface area contributed by atoms with Crippen LogP contribution in [0.5, 0.6) is 0 Å². The first-order valence-corrected chi connectivity index (χ1v) is 8.15. The number of benzene rings is 1. The zero-order valence-electron chi connectivity index (χ0n) is 9.81. The van der Waals surface area contributed by atoms with Gasteiger partial charge in [0.05, 0.1) is 10.6 Å². The molecule has 1 aromatic rings. The van der Waals surface area contributed by atoms with Gasteiger partial charge in [0.1, 0.15) is 0 Å². The molecule has 1 fully saturated rings. The van der Waals surface area contributed by atoms with Gasteiger partial charge in [0.15, 0.2) is 0 Å². The van der Waals surface area contributed by atoms with Crippen LogP contribution in [-0.4, -0.2) is 17.8 Å². The summed E-state index contributed by atoms with van der Waals surface area (Å²) in [6.45, 7) is 0.740. The molecule has 1 amide bonds. The van der Waals surface area contributed by atoms with E-state index in [2.05, 4.69) is 37.2 Å². The van der Waals surface area contributed by atoms with Crippen molar-refractivity contribution < 1.29 is 4.79 Å². The first kappa shape index (κ1) is 14.4. The average molecular weight is 396 g/mol. The van der Waals surface area contributed by atoms with E-state index in [1.54, 1.807) is 12.1 Å². The molecule has 0 aromatic heterocycles. The first-order chi connectivity index (χ1) is 8.56. The minimum atomic E-state index is -0.0895. The van der Waals surface area contributed by atoms with Gasteiger partial charge in [-0.25, -0.2) is 0 Å². The van der Waals surface area contributed by atoms with Crippen molar-refractivity contribution in [2.75, 3.05) is 11.9 Å². The monoisotopic (exact) mass is 393 g/mol. The average Bonchev–Trinajstić information content (AvgIpc) is 3.07. The number of rotatable bonds is 5. The van der Waals surface area contributed by atoms with Gasteiger partial charge in [-0.3, -0.25) is 4.79 Å². The number of hydrogen-bond acceptors (Lipinski definition) is 1. The number of nitrogens with one attached hydrogen (secondary N) is 1. The fourth-order valence-corrected chi connectivity index (χ4v) is 3.53. The maximum Gasteiger partial charge on any atom is 0.252 e. The Morgan fingerprint density at radius 2 is 2.17 bits per heavy atom. The van der Waals surface area contributed by atoms with Crippen molar-refractivity contribution in [3.63, 3.8) is 0 Å². The second-order valence-corrected chi connectivity index (χ2v) is 6.86. The highest BCUT2D eigenvalue weighted by Gasteiger charge is 2.41. The lowest BCUT2D eigenvalue weighted by Crippen LogP contribution is -2.30. The standard InChI is InChI=1S/C13H14Br2ClNO/c14-6-5-13(3-4-13)8-17-12(18)10-2-1-9(15)7-11(10)16/h1-2,7H,3-6,8H2,(H,17,18). The molecule has 98 valence electrons. The van der Waals surface area contributed by atoms with E-state index in [4.69, 9.17) is 11.6 Å². The van der Waals surface area contributed by atoms with Crippen molar-refractivity contribution in [3.05, 3.63) is 33.3 Å². The van der Waals surface area contributed by atoms with E-state index in [1.807, 2.05) is 6.07 Å². The van der Waals surface area contributed by atoms with E-state index in [1.165, 1.54) is 12.8 Å². The molecule has 0 spiro atoms. The van der Waals surface area contributed by atoms with Crippen LogP contribution in [0.15, 0.2) is 22.7 Å². The summed E-state index contributed by atoms with van der Waals surface area (Å²) in [5.74, 6) is -0.0895. The second kappa shape index (κ2) is 5.93. The second-order valence-electron chi connectivity index (χ2n) is 4.75. The molecule has 1 N–H and O–H groups in total. The van der Waals surface area contributed by atoms with Crippen LogP contribution >= 0.6 is 43.5 Å². The molecule has 5 heteroatoms. The van der Waals surface area contributed by atoms with Crippen LogP contribution in [-0.2, 0) is 0 Å². The summed E-state index contributed by atoms with van der Waals surface area (Å²) in [5, 5.41) is 4.45. The summed E-state index contributed by atoms with van der Waals surface area (Å²) in [5.41, 5.74) is 0.857. The number of alkyl halides is 1. The number of halogens is 3. The number of hydrogen-bond donors (Lipinski definition) is 1. The third-order valence-corrected chi connectivity index (χ3v) is 4.58. The molecule has 2 nitrogen and oxygen atoms in total. The fraction of sp³-hybridized carbons (Fsp3) is 0.462. The summed E-state index contributed by atoms with van der Waals surface area (Å²) < 4.78 is 0.877. The normalized spacial score (nSPS) is 16.4. The largest absolute Gasteiger partial charge is 0.351 e. The molecule has 18 heavy (non-hydrogen) atoms. The van der Waals surface area contributed by atoms with E-state index in [0.29, 0.717) is 16.0 Å². The Bertz CT molecular complexity index is 460. The summed E-state index contributed by atoms with van der Waals surface area (Å²) in [7, 11) is 0. The highest BCUT2D eigenvalue weighted by molar-refractivity contribution is 9.10. The fourth-order valence-electron chi connectivity index (χ4n) is 1.93. The predicted molar refractivity (Wildman–Crippen MR) is 81.6 cm³/mol. The van der Waals surface area contributed by atoms with Gasteiger partial charge < -0.3 is 5.32 Å². The minimum Gasteiger partial charge on any atom is -0.351 e. The molecule has 0 bridgehead atoms. The van der Waals surface area contributed by atoms with Gasteiger partial charge in [0.2, 0.25) is 0 Å². The summed E-state index contributed by atoms with van der Waals surface area (Å²) in [6.07, 6.45) is 3.52. The van der Waals surface area contributed by atoms with Crippen LogP contribution in [0, 0.1) is 5.41 Å². The summed E-state index contributed by atoms with van der Waals surface area (Å²) in [6, 6.07) is 5.31. The quantitative estimate of drug-likeness (QED) is 0.736. The zero-order valence-corrected chi connectivity index (χ0v) is 13.7. The molecule has 1 aliphatic rings. The van der Waals surface area contributed by atoms with Crippen molar-refractivity contribution in [2.24, 2.45) is 5.41 Å². The van der Waals surface area contributed by atoms with Crippen molar-refractivity contribution >= 4 is 49.4 Å². The van der Waals surface area contributed by atoms with Crippen molar-refractivity contribution in [2.45, 2.75) is 19.3 Å². The molecule has 0 aliphatic heterocycles. The van der Waals surface area contributed by atoms with Gasteiger partial charge in [-0.05, 0) is 42.9 Å². The maximum absolute atomic E-state index is 12.0. The SMILES string of the molecule is O=C(NCC1(CCBr)CC1)c1ccc(Br)cc1Cl. The van der Waals surface area contributed by atoms with Gasteiger partial charge in [0.25, 0.3) is 5.91 Å². The zero-order chi connectivity index (χ0) is 13.2. The summed E-state index contributed by atoms with van der Waals surface area (Å²) in [4.78, 5) is 12.0. The van der Waals surface area contributed by atoms with Crippen molar-refractivity contribution in [1.29, 1.82) is 0 Å². The highest BCUT2D eigenvalue weighted by Crippen LogP contribution is 2.48. The molecular weight excluding hydrogens is 381 g/mol. The van der Waals surface area contributed by atoms with Gasteiger partial charge in [-0.1, -0.05) is 43.5 Å². The predicted octanol–water partition coefficient (Wildman–Crippen LogP) is 4.40. The summed E-state index contributed by atoms with van der Waals surface area (Å²) >= 11 is 12.8. The number of carbonyl (C=O) groups is 1. The van der Waals surface area contributed by atoms with E-state index < -0.39 is 0 Å². The molecular formula is C13H14Br2ClNO. The lowest BCUT2D eigenvalue weighted by Gasteiger charge is -2.15. The highest BCUT2D eigenvalue weighted by atomic mass is 79.9. The third kappa shape index (κ3) is 3.49. The van der Waals surface area contributed by atoms with Crippen LogP contribution in [0.25, 0.3) is 0 Å². The molecule has 1 aliphatic carbocycles. The van der Waals surface area contributed by atoms with Gasteiger partial charge in [-0.2, -0.15) is 0 Å². The first-order valence-electron chi connectivity index (χ1n) is 5.86. The maximum atomic E-state index is 12.0. The molecule has 1 aromatic carbocycles. The minimum absolute atomic E-state index is 0.0895. The lowest BCUT2D eigenvalue weighted by molar-refractivity contribution is 0.0944. The van der Waals surface area contributed by atoms with Crippen molar-refractivity contribution in [3.8, 4) is 0 Å². The molecule has 2 rings (SSSR count). The Morgan fingerprint density at radius 1 is 1.44 bits per heavy atom. The Morgan fingerprint density at radius 3 is 2.72 bits per heavy atom. The number of amides is 1. The molecule has 0 saturated heterocycles. The van der Waals surface area contributed by atoms with Crippen LogP contribution in [0.3, 0.4) is 0 Å². The van der Waals surface area contributed by atoms with E-state index in [9.17, 15) is 4.79 Å². The van der Waals surface area contributed by atoms with E-state index in [0.717, 1.165) is 22.8 Å². The Labute approximate surface area is 129 Å². The van der Waals surface area contributed by atoms with Gasteiger partial charge >= 0.3 is 0 Å². The molecule has 1 saturated carbocycles. The molecule has 0 heterocycles. The molecule has 0 atom stereocenters. The van der Waals surface area contributed by atoms with E-state index >= 15 is 0 Å². The number of carbonyl (C=O) groups excluding carboxylic acids is 1. The smallest absolute Gasteiger partial charge is 0.252 e. The van der Waals surface area contributed by atoms with Crippen LogP contribution in [0.1, 0.15) is 29.6 Å². The van der Waals surface area contributed by atoms with E-state index in [-0.39, 0.29) is 5.91 Å². The van der Waals surface area contributed by atoms with Crippen molar-refractivity contribution in [1.82, 2.24) is 5.32 Å². The topological polar surface area (TPSA) is 29.1 Å². The lowest BCUT2D eigenvalue weighted by atomic mass is 10.0. The van der Waals surface area contributed by atoms with Crippen LogP contribution in [0.2, 0.25) is 5.02 Å². The van der Waals surface area contributed by atoms with Gasteiger partial charge in [-0.15, -0.1) is 0 Å². The third-order valence-electron chi connectivity index (χ3n) is 3.38. The molecule has 0 unspecified atom stereocenters. The van der Waals surface area contributed by atoms with Gasteiger partial charge in [0, 0.05) is 16.3 Å². The molecule has 0 radical (unpaired) electrons. The Balaban J connectivity index is 1.96. The Hall–Kier alpha value is -0.0600. The van der Waals surface area contributed by atoms with Crippen LogP contribution in [0.4, 0.5) is 0 Å².